The van der Waals surface area contributed by atoms with Gasteiger partial charge in [-0.1, -0.05) is 12.2 Å². The predicted octanol–water partition coefficient (Wildman–Crippen LogP) is 2.12. The SMILES string of the molecule is COc1nc(Cl)nc(OCC2CC3C=CC2C3)n1. The number of halogens is 1. The minimum Gasteiger partial charge on any atom is -0.467 e. The topological polar surface area (TPSA) is 57.1 Å². The van der Waals surface area contributed by atoms with Gasteiger partial charge >= 0.3 is 12.0 Å². The molecule has 0 radical (unpaired) electrons. The maximum absolute atomic E-state index is 5.75. The molecule has 1 aromatic heterocycles. The first-order valence-electron chi connectivity index (χ1n) is 6.01. The summed E-state index contributed by atoms with van der Waals surface area (Å²) < 4.78 is 10.5. The highest BCUT2D eigenvalue weighted by molar-refractivity contribution is 6.28. The maximum Gasteiger partial charge on any atom is 0.323 e. The van der Waals surface area contributed by atoms with Gasteiger partial charge in [-0.05, 0) is 42.2 Å². The quantitative estimate of drug-likeness (QED) is 0.782. The molecule has 2 bridgehead atoms. The van der Waals surface area contributed by atoms with E-state index in [1.165, 1.54) is 20.0 Å². The number of hydrogen-bond donors (Lipinski definition) is 0. The average molecular weight is 268 g/mol. The number of rotatable bonds is 4. The first-order valence-corrected chi connectivity index (χ1v) is 6.39. The fourth-order valence-electron chi connectivity index (χ4n) is 2.74. The van der Waals surface area contributed by atoms with Gasteiger partial charge in [-0.2, -0.15) is 9.97 Å². The molecule has 0 aromatic carbocycles. The first-order chi connectivity index (χ1) is 8.74. The number of ether oxygens (including phenoxy) is 2. The van der Waals surface area contributed by atoms with Gasteiger partial charge < -0.3 is 9.47 Å². The molecule has 1 saturated carbocycles. The van der Waals surface area contributed by atoms with Crippen molar-refractivity contribution < 1.29 is 9.47 Å². The van der Waals surface area contributed by atoms with Crippen LogP contribution in [0.4, 0.5) is 0 Å². The van der Waals surface area contributed by atoms with Gasteiger partial charge in [-0.3, -0.25) is 0 Å². The highest BCUT2D eigenvalue weighted by Gasteiger charge is 2.36. The van der Waals surface area contributed by atoms with E-state index >= 15 is 0 Å². The molecular formula is C12H14ClN3O2. The van der Waals surface area contributed by atoms with E-state index in [0.29, 0.717) is 18.4 Å². The molecule has 96 valence electrons. The highest BCUT2D eigenvalue weighted by atomic mass is 35.5. The van der Waals surface area contributed by atoms with Gasteiger partial charge in [0.15, 0.2) is 0 Å². The smallest absolute Gasteiger partial charge is 0.323 e. The molecule has 3 rings (SSSR count). The van der Waals surface area contributed by atoms with Crippen molar-refractivity contribution in [2.45, 2.75) is 12.8 Å². The molecule has 6 heteroatoms. The molecule has 0 N–H and O–H groups in total. The highest BCUT2D eigenvalue weighted by Crippen LogP contribution is 2.43. The largest absolute Gasteiger partial charge is 0.467 e. The summed E-state index contributed by atoms with van der Waals surface area (Å²) in [5, 5.41) is 0.0877. The third-order valence-electron chi connectivity index (χ3n) is 3.59. The van der Waals surface area contributed by atoms with Gasteiger partial charge in [0, 0.05) is 0 Å². The van der Waals surface area contributed by atoms with Crippen LogP contribution in [0.25, 0.3) is 0 Å². The summed E-state index contributed by atoms with van der Waals surface area (Å²) in [4.78, 5) is 11.7. The van der Waals surface area contributed by atoms with Crippen molar-refractivity contribution in [3.63, 3.8) is 0 Å². The molecule has 0 amide bonds. The zero-order valence-electron chi connectivity index (χ0n) is 10.0. The van der Waals surface area contributed by atoms with Gasteiger partial charge in [0.25, 0.3) is 0 Å². The summed E-state index contributed by atoms with van der Waals surface area (Å²) in [5.41, 5.74) is 0. The number of allylic oxidation sites excluding steroid dienone is 2. The Morgan fingerprint density at radius 1 is 1.22 bits per heavy atom. The Morgan fingerprint density at radius 3 is 2.72 bits per heavy atom. The van der Waals surface area contributed by atoms with E-state index in [0.717, 1.165) is 5.92 Å². The summed E-state index contributed by atoms with van der Waals surface area (Å²) in [7, 11) is 1.48. The van der Waals surface area contributed by atoms with Crippen LogP contribution in [0.2, 0.25) is 5.28 Å². The zero-order chi connectivity index (χ0) is 12.5. The van der Waals surface area contributed by atoms with E-state index in [-0.39, 0.29) is 17.3 Å². The Hall–Kier alpha value is -1.36. The number of fused-ring (bicyclic) bond motifs is 2. The number of aromatic nitrogens is 3. The molecule has 1 heterocycles. The first kappa shape index (κ1) is 11.7. The normalized spacial score (nSPS) is 28.7. The Balaban J connectivity index is 1.63. The second-order valence-corrected chi connectivity index (χ2v) is 5.06. The molecule has 1 fully saturated rings. The lowest BCUT2D eigenvalue weighted by atomic mass is 9.95. The summed E-state index contributed by atoms with van der Waals surface area (Å²) in [6.07, 6.45) is 7.06. The van der Waals surface area contributed by atoms with Gasteiger partial charge in [-0.15, -0.1) is 4.98 Å². The maximum atomic E-state index is 5.75. The minimum absolute atomic E-state index is 0.0877. The van der Waals surface area contributed by atoms with Crippen molar-refractivity contribution in [1.29, 1.82) is 0 Å². The Kier molecular flexibility index (Phi) is 3.07. The Bertz CT molecular complexity index is 480. The van der Waals surface area contributed by atoms with Crippen LogP contribution >= 0.6 is 11.6 Å². The zero-order valence-corrected chi connectivity index (χ0v) is 10.8. The minimum atomic E-state index is 0.0877. The second-order valence-electron chi connectivity index (χ2n) is 4.73. The summed E-state index contributed by atoms with van der Waals surface area (Å²) in [6.45, 7) is 0.620. The van der Waals surface area contributed by atoms with Crippen molar-refractivity contribution in [2.75, 3.05) is 13.7 Å². The fourth-order valence-corrected chi connectivity index (χ4v) is 2.88. The molecule has 0 saturated heterocycles. The number of nitrogens with zero attached hydrogens (tertiary/aromatic N) is 3. The van der Waals surface area contributed by atoms with Gasteiger partial charge in [0.1, 0.15) is 0 Å². The molecule has 2 aliphatic carbocycles. The number of methoxy groups -OCH3 is 1. The standard InChI is InChI=1S/C12H14ClN3O2/c1-17-11-14-10(13)15-12(16-11)18-6-9-5-7-2-3-8(9)4-7/h2-3,7-9H,4-6H2,1H3. The van der Waals surface area contributed by atoms with Crippen LogP contribution < -0.4 is 9.47 Å². The molecule has 2 aliphatic rings. The third-order valence-corrected chi connectivity index (χ3v) is 3.76. The molecule has 0 spiro atoms. The van der Waals surface area contributed by atoms with Crippen LogP contribution in [0.3, 0.4) is 0 Å². The van der Waals surface area contributed by atoms with E-state index in [4.69, 9.17) is 21.1 Å². The molecule has 18 heavy (non-hydrogen) atoms. The summed E-state index contributed by atoms with van der Waals surface area (Å²) in [6, 6.07) is 0.413. The summed E-state index contributed by atoms with van der Waals surface area (Å²) >= 11 is 5.75. The summed E-state index contributed by atoms with van der Waals surface area (Å²) in [5.74, 6) is 1.94. The van der Waals surface area contributed by atoms with Crippen LogP contribution in [-0.4, -0.2) is 28.7 Å². The van der Waals surface area contributed by atoms with Crippen LogP contribution in [0.5, 0.6) is 12.0 Å². The molecular weight excluding hydrogens is 254 g/mol. The third kappa shape index (κ3) is 2.27. The van der Waals surface area contributed by atoms with E-state index < -0.39 is 0 Å². The van der Waals surface area contributed by atoms with Crippen molar-refractivity contribution in [3.05, 3.63) is 17.4 Å². The lowest BCUT2D eigenvalue weighted by molar-refractivity contribution is 0.208. The fraction of sp³-hybridized carbons (Fsp3) is 0.583. The van der Waals surface area contributed by atoms with Gasteiger partial charge in [0.2, 0.25) is 5.28 Å². The second kappa shape index (κ2) is 4.72. The predicted molar refractivity (Wildman–Crippen MR) is 65.7 cm³/mol. The average Bonchev–Trinajstić information content (AvgIpc) is 2.97. The molecule has 0 aliphatic heterocycles. The van der Waals surface area contributed by atoms with Crippen LogP contribution in [0.15, 0.2) is 12.2 Å². The van der Waals surface area contributed by atoms with Crippen molar-refractivity contribution >= 4 is 11.6 Å². The Labute approximate surface area is 110 Å². The van der Waals surface area contributed by atoms with E-state index in [2.05, 4.69) is 27.1 Å². The lowest BCUT2D eigenvalue weighted by Crippen LogP contribution is -2.17. The lowest BCUT2D eigenvalue weighted by Gasteiger charge is -2.17. The van der Waals surface area contributed by atoms with E-state index in [9.17, 15) is 0 Å². The molecule has 1 aromatic rings. The van der Waals surface area contributed by atoms with Gasteiger partial charge in [-0.25, -0.2) is 0 Å². The molecule has 3 atom stereocenters. The van der Waals surface area contributed by atoms with Crippen LogP contribution in [0.1, 0.15) is 12.8 Å². The molecule has 5 nitrogen and oxygen atoms in total. The van der Waals surface area contributed by atoms with Gasteiger partial charge in [0.05, 0.1) is 13.7 Å². The van der Waals surface area contributed by atoms with Crippen LogP contribution in [0, 0.1) is 17.8 Å². The van der Waals surface area contributed by atoms with E-state index in [1.54, 1.807) is 0 Å². The molecule has 3 unspecified atom stereocenters. The Morgan fingerprint density at radius 2 is 2.06 bits per heavy atom. The van der Waals surface area contributed by atoms with Crippen molar-refractivity contribution in [2.24, 2.45) is 17.8 Å². The monoisotopic (exact) mass is 267 g/mol. The number of hydrogen-bond acceptors (Lipinski definition) is 5. The van der Waals surface area contributed by atoms with E-state index in [1.807, 2.05) is 0 Å². The van der Waals surface area contributed by atoms with Crippen molar-refractivity contribution in [1.82, 2.24) is 15.0 Å². The van der Waals surface area contributed by atoms with Crippen molar-refractivity contribution in [3.8, 4) is 12.0 Å². The van der Waals surface area contributed by atoms with Crippen LogP contribution in [-0.2, 0) is 0 Å².